The second-order valence-corrected chi connectivity index (χ2v) is 48.2. The molecule has 0 amide bonds. The van der Waals surface area contributed by atoms with Gasteiger partial charge in [0.05, 0.1) is 0 Å². The molecule has 0 atom stereocenters. The zero-order chi connectivity index (χ0) is 10.7. The molecular formula is C15H20Ti. The first-order valence-electron chi connectivity index (χ1n) is 8.11. The summed E-state index contributed by atoms with van der Waals surface area (Å²) in [6.07, 6.45) is 0. The van der Waals surface area contributed by atoms with Crippen LogP contribution in [-0.4, -0.2) is 0 Å². The summed E-state index contributed by atoms with van der Waals surface area (Å²) in [4.78, 5) is 0. The Kier molecular flexibility index (Phi) is 0.161. The van der Waals surface area contributed by atoms with Crippen LogP contribution in [-0.2, 0) is 8.89 Å². The standard InChI is InChI=1S/C10H15.C5H5.Ti/c1-6-7(2)9(4)10(5)8(6)3;1-2-4-5-3-1;/h1-5H3;1-5H;. The van der Waals surface area contributed by atoms with Crippen molar-refractivity contribution in [3.8, 4) is 0 Å². The van der Waals surface area contributed by atoms with Crippen LogP contribution in [0.4, 0.5) is 0 Å². The van der Waals surface area contributed by atoms with E-state index in [9.17, 15) is 0 Å². The van der Waals surface area contributed by atoms with E-state index in [1.807, 2.05) is 0 Å². The van der Waals surface area contributed by atoms with Gasteiger partial charge in [-0.25, -0.2) is 0 Å². The van der Waals surface area contributed by atoms with Gasteiger partial charge in [0.2, 0.25) is 0 Å². The fraction of sp³-hybridized carbons (Fsp3) is 1.00. The summed E-state index contributed by atoms with van der Waals surface area (Å²) in [5, 5.41) is 0. The predicted molar refractivity (Wildman–Crippen MR) is 60.6 cm³/mol. The Bertz CT molecular complexity index is 857. The minimum atomic E-state index is -3.53. The topological polar surface area (TPSA) is 0 Å². The molecule has 1 spiro atoms. The minimum absolute atomic E-state index is 1.02. The van der Waals surface area contributed by atoms with Gasteiger partial charge in [-0.3, -0.25) is 0 Å². The molecule has 0 N–H and O–H groups in total. The van der Waals surface area contributed by atoms with E-state index in [1.165, 1.54) is 21.1 Å². The Labute approximate surface area is 83.0 Å². The van der Waals surface area contributed by atoms with Gasteiger partial charge in [-0.1, -0.05) is 0 Å². The van der Waals surface area contributed by atoms with E-state index in [4.69, 9.17) is 0 Å². The van der Waals surface area contributed by atoms with Gasteiger partial charge in [-0.2, -0.15) is 0 Å². The molecule has 0 aromatic rings. The molecule has 84 valence electrons. The van der Waals surface area contributed by atoms with Gasteiger partial charge in [-0.05, 0) is 0 Å². The van der Waals surface area contributed by atoms with E-state index in [0.29, 0.717) is 0 Å². The molecule has 10 aliphatic heterocycles. The second kappa shape index (κ2) is 0.413. The van der Waals surface area contributed by atoms with Crippen LogP contribution >= 0.6 is 0 Å². The average molecular weight is 248 g/mol. The van der Waals surface area contributed by atoms with Gasteiger partial charge in [0.15, 0.2) is 0 Å². The molecule has 10 rings (SSSR count). The molecule has 0 aliphatic carbocycles. The Balaban J connectivity index is 2.02. The van der Waals surface area contributed by atoms with Crippen molar-refractivity contribution in [1.29, 1.82) is 0 Å². The number of hydrogen-bond donors (Lipinski definition) is 0. The van der Waals surface area contributed by atoms with E-state index in [0.717, 1.165) is 18.6 Å². The molecule has 0 nitrogen and oxygen atoms in total. The molecule has 0 aromatic heterocycles. The van der Waals surface area contributed by atoms with Gasteiger partial charge in [0, 0.05) is 0 Å². The fourth-order valence-electron chi connectivity index (χ4n) is 33.3. The normalized spacial score (nSPS) is 145. The molecule has 0 saturated carbocycles. The van der Waals surface area contributed by atoms with E-state index in [-0.39, 0.29) is 0 Å². The monoisotopic (exact) mass is 248 g/mol. The van der Waals surface area contributed by atoms with Crippen molar-refractivity contribution < 1.29 is 8.89 Å². The van der Waals surface area contributed by atoms with Crippen molar-refractivity contribution in [3.05, 3.63) is 0 Å². The van der Waals surface area contributed by atoms with Crippen LogP contribution in [0.1, 0.15) is 34.6 Å². The Morgan fingerprint density at radius 1 is 0.500 bits per heavy atom. The van der Waals surface area contributed by atoms with Gasteiger partial charge in [0.25, 0.3) is 0 Å². The summed E-state index contributed by atoms with van der Waals surface area (Å²) >= 11 is 0. The average Bonchev–Trinajstić information content (AvgIpc) is 3.19. The first-order valence-corrected chi connectivity index (χ1v) is 16.5. The van der Waals surface area contributed by atoms with Gasteiger partial charge < -0.3 is 0 Å². The first kappa shape index (κ1) is 6.24. The van der Waals surface area contributed by atoms with Crippen molar-refractivity contribution in [2.75, 3.05) is 0 Å². The van der Waals surface area contributed by atoms with Crippen molar-refractivity contribution in [1.82, 2.24) is 0 Å². The fourth-order valence-corrected chi connectivity index (χ4v) is 172. The van der Waals surface area contributed by atoms with Crippen LogP contribution in [0.5, 0.6) is 0 Å². The van der Waals surface area contributed by atoms with Crippen LogP contribution in [0.2, 0.25) is 39.7 Å². The Hall–Kier alpha value is 0.714. The number of rotatable bonds is 0. The SMILES string of the molecule is C[C]12[C]3(C)[C]4(C)[C]5(C)[C]1(C)[Ti]23451678[CH]2[CH]1[CH]6[CH]7[CH]28. The van der Waals surface area contributed by atoms with Gasteiger partial charge >= 0.3 is 83.2 Å². The second-order valence-electron chi connectivity index (χ2n) is 14.8. The third kappa shape index (κ3) is 0.0378. The molecule has 0 radical (unpaired) electrons. The van der Waals surface area contributed by atoms with Crippen molar-refractivity contribution in [3.63, 3.8) is 0 Å². The maximum atomic E-state index is 2.86. The quantitative estimate of drug-likeness (QED) is 0.508. The first-order chi connectivity index (χ1) is 7.12. The number of fused-ring (bicyclic) bond motifs is 10. The van der Waals surface area contributed by atoms with Crippen LogP contribution in [0, 0.1) is 0 Å². The van der Waals surface area contributed by atoms with E-state index < -0.39 is 8.89 Å². The molecule has 10 saturated heterocycles. The summed E-state index contributed by atoms with van der Waals surface area (Å²) in [7, 11) is -3.53. The summed E-state index contributed by atoms with van der Waals surface area (Å²) in [5.41, 5.74) is 0. The third-order valence-corrected chi connectivity index (χ3v) is 98.0. The molecule has 10 fully saturated rings. The van der Waals surface area contributed by atoms with Gasteiger partial charge in [-0.15, -0.1) is 0 Å². The molecule has 0 unspecified atom stereocenters. The molecule has 0 bridgehead atoms. The molecular weight excluding hydrogens is 228 g/mol. The summed E-state index contributed by atoms with van der Waals surface area (Å²) < 4.78 is 12.4. The number of hydrogen-bond acceptors (Lipinski definition) is 0. The Morgan fingerprint density at radius 2 is 0.688 bits per heavy atom. The summed E-state index contributed by atoms with van der Waals surface area (Å²) in [6.45, 7) is 14.3. The molecule has 0 aromatic carbocycles. The summed E-state index contributed by atoms with van der Waals surface area (Å²) in [5.74, 6) is 0. The maximum absolute atomic E-state index is 3.53. The predicted octanol–water partition coefficient (Wildman–Crippen LogP) is 5.33. The van der Waals surface area contributed by atoms with Crippen LogP contribution in [0.15, 0.2) is 0 Å². The third-order valence-electron chi connectivity index (χ3n) is 26.3. The van der Waals surface area contributed by atoms with Crippen molar-refractivity contribution in [2.24, 2.45) is 0 Å². The van der Waals surface area contributed by atoms with Crippen LogP contribution < -0.4 is 0 Å². The molecule has 10 heterocycles. The zero-order valence-electron chi connectivity index (χ0n) is 10.9. The van der Waals surface area contributed by atoms with E-state index in [1.54, 1.807) is 0 Å². The molecule has 1 heteroatoms. The van der Waals surface area contributed by atoms with Crippen molar-refractivity contribution in [2.45, 2.75) is 74.3 Å². The molecule has 16 heavy (non-hydrogen) atoms. The van der Waals surface area contributed by atoms with Gasteiger partial charge in [0.1, 0.15) is 0 Å². The zero-order valence-corrected chi connectivity index (χ0v) is 12.4. The van der Waals surface area contributed by atoms with E-state index in [2.05, 4.69) is 34.6 Å². The van der Waals surface area contributed by atoms with Crippen LogP contribution in [0.3, 0.4) is 0 Å². The van der Waals surface area contributed by atoms with E-state index >= 15 is 0 Å². The van der Waals surface area contributed by atoms with Crippen LogP contribution in [0.25, 0.3) is 0 Å². The Morgan fingerprint density at radius 3 is 0.688 bits per heavy atom. The van der Waals surface area contributed by atoms with Crippen molar-refractivity contribution >= 4 is 0 Å². The summed E-state index contributed by atoms with van der Waals surface area (Å²) in [6, 6.07) is 0. The molecule has 10 aliphatic rings.